The molecule has 0 fully saturated rings. The van der Waals surface area contributed by atoms with Gasteiger partial charge in [-0.15, -0.1) is 11.8 Å². The molecule has 1 heterocycles. The zero-order valence-corrected chi connectivity index (χ0v) is 17.0. The van der Waals surface area contributed by atoms with Crippen LogP contribution in [0.15, 0.2) is 53.4 Å². The van der Waals surface area contributed by atoms with Crippen LogP contribution >= 0.6 is 23.1 Å². The number of thiazole rings is 1. The maximum atomic E-state index is 13.2. The number of hydrogen-bond donors (Lipinski definition) is 1. The molecular formula is C20H24N3OS2+. The monoisotopic (exact) mass is 386 g/mol. The van der Waals surface area contributed by atoms with Crippen LogP contribution in [-0.4, -0.2) is 44.3 Å². The Morgan fingerprint density at radius 2 is 1.88 bits per heavy atom. The van der Waals surface area contributed by atoms with Crippen molar-refractivity contribution in [3.63, 3.8) is 0 Å². The van der Waals surface area contributed by atoms with Gasteiger partial charge in [0.15, 0.2) is 5.13 Å². The van der Waals surface area contributed by atoms with Gasteiger partial charge in [-0.1, -0.05) is 23.5 Å². The highest BCUT2D eigenvalue weighted by atomic mass is 32.2. The summed E-state index contributed by atoms with van der Waals surface area (Å²) in [5.74, 6) is 0.0189. The third-order valence-electron chi connectivity index (χ3n) is 4.15. The van der Waals surface area contributed by atoms with Crippen LogP contribution in [0.4, 0.5) is 5.13 Å². The summed E-state index contributed by atoms with van der Waals surface area (Å²) in [4.78, 5) is 22.3. The van der Waals surface area contributed by atoms with Crippen LogP contribution in [0.25, 0.3) is 10.2 Å². The first-order valence-corrected chi connectivity index (χ1v) is 10.7. The van der Waals surface area contributed by atoms with Crippen molar-refractivity contribution >= 4 is 44.4 Å². The lowest BCUT2D eigenvalue weighted by Gasteiger charge is -2.20. The summed E-state index contributed by atoms with van der Waals surface area (Å²) < 4.78 is 1.11. The maximum absolute atomic E-state index is 13.2. The number of nitrogens with one attached hydrogen (secondary N) is 1. The SMILES string of the molecule is CSc1ccc(C(=O)N(CCC[NH+](C)C)c2nc3ccccc3s2)cc1. The molecule has 0 aliphatic carbocycles. The molecule has 136 valence electrons. The Morgan fingerprint density at radius 3 is 2.54 bits per heavy atom. The molecule has 26 heavy (non-hydrogen) atoms. The summed E-state index contributed by atoms with van der Waals surface area (Å²) in [5.41, 5.74) is 1.65. The van der Waals surface area contributed by atoms with Gasteiger partial charge in [-0.05, 0) is 42.7 Å². The summed E-state index contributed by atoms with van der Waals surface area (Å²) in [5, 5.41) is 0.777. The quantitative estimate of drug-likeness (QED) is 0.634. The van der Waals surface area contributed by atoms with E-state index < -0.39 is 0 Å². The number of carbonyl (C=O) groups is 1. The molecule has 2 aromatic carbocycles. The van der Waals surface area contributed by atoms with E-state index in [1.54, 1.807) is 23.1 Å². The summed E-state index contributed by atoms with van der Waals surface area (Å²) in [6.45, 7) is 1.69. The van der Waals surface area contributed by atoms with E-state index in [0.29, 0.717) is 12.1 Å². The number of para-hydroxylation sites is 1. The highest BCUT2D eigenvalue weighted by Crippen LogP contribution is 2.30. The Balaban J connectivity index is 1.89. The number of nitrogens with zero attached hydrogens (tertiary/aromatic N) is 2. The number of benzene rings is 2. The number of anilines is 1. The Morgan fingerprint density at radius 1 is 1.15 bits per heavy atom. The second-order valence-corrected chi connectivity index (χ2v) is 8.35. The molecule has 1 amide bonds. The number of carbonyl (C=O) groups excluding carboxylic acids is 1. The van der Waals surface area contributed by atoms with E-state index in [9.17, 15) is 4.79 Å². The number of amides is 1. The van der Waals surface area contributed by atoms with Gasteiger partial charge in [-0.2, -0.15) is 0 Å². The van der Waals surface area contributed by atoms with Crippen LogP contribution < -0.4 is 9.80 Å². The van der Waals surface area contributed by atoms with Gasteiger partial charge in [-0.25, -0.2) is 4.98 Å². The number of aromatic nitrogens is 1. The van der Waals surface area contributed by atoms with E-state index in [1.165, 1.54) is 4.90 Å². The molecule has 0 atom stereocenters. The Labute approximate surface area is 162 Å². The van der Waals surface area contributed by atoms with Crippen molar-refractivity contribution in [2.75, 3.05) is 38.3 Å². The zero-order valence-electron chi connectivity index (χ0n) is 15.4. The van der Waals surface area contributed by atoms with Crippen molar-refractivity contribution in [2.24, 2.45) is 0 Å². The van der Waals surface area contributed by atoms with E-state index in [0.717, 1.165) is 33.2 Å². The topological polar surface area (TPSA) is 37.6 Å². The largest absolute Gasteiger partial charge is 0.340 e. The molecule has 0 saturated carbocycles. The molecule has 0 spiro atoms. The lowest BCUT2D eigenvalue weighted by Crippen LogP contribution is -3.05. The van der Waals surface area contributed by atoms with Crippen LogP contribution in [-0.2, 0) is 0 Å². The van der Waals surface area contributed by atoms with E-state index in [-0.39, 0.29) is 5.91 Å². The summed E-state index contributed by atoms with van der Waals surface area (Å²) in [7, 11) is 4.26. The molecule has 4 nitrogen and oxygen atoms in total. The van der Waals surface area contributed by atoms with Gasteiger partial charge in [-0.3, -0.25) is 9.69 Å². The number of rotatable bonds is 7. The molecule has 6 heteroatoms. The molecule has 0 aliphatic heterocycles. The highest BCUT2D eigenvalue weighted by molar-refractivity contribution is 7.98. The van der Waals surface area contributed by atoms with Crippen molar-refractivity contribution in [3.8, 4) is 0 Å². The highest BCUT2D eigenvalue weighted by Gasteiger charge is 2.21. The first-order valence-electron chi connectivity index (χ1n) is 8.69. The number of fused-ring (bicyclic) bond motifs is 1. The van der Waals surface area contributed by atoms with Crippen molar-refractivity contribution in [1.82, 2.24) is 4.98 Å². The van der Waals surface area contributed by atoms with Gasteiger partial charge in [0.1, 0.15) is 0 Å². The molecule has 1 N–H and O–H groups in total. The van der Waals surface area contributed by atoms with Crippen LogP contribution in [0.1, 0.15) is 16.8 Å². The second kappa shape index (κ2) is 8.66. The third kappa shape index (κ3) is 4.44. The third-order valence-corrected chi connectivity index (χ3v) is 5.96. The first-order chi connectivity index (χ1) is 12.6. The number of thioether (sulfide) groups is 1. The molecule has 1 aromatic heterocycles. The van der Waals surface area contributed by atoms with Crippen LogP contribution in [0.5, 0.6) is 0 Å². The minimum Gasteiger partial charge on any atom is -0.340 e. The number of quaternary nitrogens is 1. The minimum atomic E-state index is 0.0189. The summed E-state index contributed by atoms with van der Waals surface area (Å²) in [6, 6.07) is 15.8. The molecule has 3 aromatic rings. The fraction of sp³-hybridized carbons (Fsp3) is 0.300. The zero-order chi connectivity index (χ0) is 18.5. The van der Waals surface area contributed by atoms with Gasteiger partial charge < -0.3 is 4.90 Å². The predicted molar refractivity (Wildman–Crippen MR) is 112 cm³/mol. The predicted octanol–water partition coefficient (Wildman–Crippen LogP) is 3.20. The Hall–Kier alpha value is -1.89. The normalized spacial score (nSPS) is 11.2. The van der Waals surface area contributed by atoms with E-state index >= 15 is 0 Å². The molecule has 0 bridgehead atoms. The van der Waals surface area contributed by atoms with Gasteiger partial charge in [0.25, 0.3) is 5.91 Å². The van der Waals surface area contributed by atoms with E-state index in [4.69, 9.17) is 4.98 Å². The van der Waals surface area contributed by atoms with Crippen molar-refractivity contribution in [1.29, 1.82) is 0 Å². The molecular weight excluding hydrogens is 362 g/mol. The second-order valence-electron chi connectivity index (χ2n) is 6.46. The van der Waals surface area contributed by atoms with Gasteiger partial charge in [0.2, 0.25) is 0 Å². The van der Waals surface area contributed by atoms with E-state index in [2.05, 4.69) is 20.2 Å². The molecule has 0 radical (unpaired) electrons. The summed E-state index contributed by atoms with van der Waals surface area (Å²) >= 11 is 3.25. The Bertz CT molecular complexity index is 841. The smallest absolute Gasteiger partial charge is 0.260 e. The van der Waals surface area contributed by atoms with Crippen molar-refractivity contribution in [2.45, 2.75) is 11.3 Å². The first kappa shape index (κ1) is 18.9. The molecule has 0 saturated heterocycles. The van der Waals surface area contributed by atoms with Crippen LogP contribution in [0.3, 0.4) is 0 Å². The molecule has 3 rings (SSSR count). The van der Waals surface area contributed by atoms with Gasteiger partial charge >= 0.3 is 0 Å². The van der Waals surface area contributed by atoms with Crippen molar-refractivity contribution in [3.05, 3.63) is 54.1 Å². The fourth-order valence-electron chi connectivity index (χ4n) is 2.74. The van der Waals surface area contributed by atoms with Crippen LogP contribution in [0, 0.1) is 0 Å². The maximum Gasteiger partial charge on any atom is 0.260 e. The van der Waals surface area contributed by atoms with Crippen LogP contribution in [0.2, 0.25) is 0 Å². The molecule has 0 aliphatic rings. The van der Waals surface area contributed by atoms with Crippen molar-refractivity contribution < 1.29 is 9.69 Å². The van der Waals surface area contributed by atoms with Gasteiger partial charge in [0, 0.05) is 23.4 Å². The standard InChI is InChI=1S/C20H23N3OS2/c1-22(2)13-6-14-23(19(24)15-9-11-16(25-3)12-10-15)20-21-17-7-4-5-8-18(17)26-20/h4-5,7-12H,6,13-14H2,1-3H3/p+1. The minimum absolute atomic E-state index is 0.0189. The lowest BCUT2D eigenvalue weighted by atomic mass is 10.2. The molecule has 0 unspecified atom stereocenters. The average molecular weight is 387 g/mol. The Kier molecular flexibility index (Phi) is 6.29. The average Bonchev–Trinajstić information content (AvgIpc) is 3.08. The fourth-order valence-corrected chi connectivity index (χ4v) is 4.14. The van der Waals surface area contributed by atoms with E-state index in [1.807, 2.05) is 53.6 Å². The number of hydrogen-bond acceptors (Lipinski definition) is 4. The lowest BCUT2D eigenvalue weighted by molar-refractivity contribution is -0.858. The summed E-state index contributed by atoms with van der Waals surface area (Å²) in [6.07, 6.45) is 2.97. The van der Waals surface area contributed by atoms with Gasteiger partial charge in [0.05, 0.1) is 30.9 Å².